The summed E-state index contributed by atoms with van der Waals surface area (Å²) in [4.78, 5) is 26.5. The van der Waals surface area contributed by atoms with Gasteiger partial charge < -0.3 is 14.7 Å². The van der Waals surface area contributed by atoms with Crippen molar-refractivity contribution < 1.29 is 23.8 Å². The molecule has 0 aliphatic carbocycles. The molecular formula is C20H18FNO4. The zero-order valence-corrected chi connectivity index (χ0v) is 14.2. The van der Waals surface area contributed by atoms with Crippen LogP contribution < -0.4 is 0 Å². The van der Waals surface area contributed by atoms with Crippen LogP contribution in [0.4, 0.5) is 4.39 Å². The van der Waals surface area contributed by atoms with Gasteiger partial charge in [-0.25, -0.2) is 4.39 Å². The number of amides is 1. The molecule has 1 amide bonds. The Morgan fingerprint density at radius 2 is 1.77 bits per heavy atom. The summed E-state index contributed by atoms with van der Waals surface area (Å²) in [5, 5.41) is 10.7. The van der Waals surface area contributed by atoms with Crippen molar-refractivity contribution in [3.63, 3.8) is 0 Å². The standard InChI is InChI=1S/C20H18FNO4/c1-26-12-11-22-17(13-7-9-15(21)10-8-13)16(19(24)20(22)25)18(23)14-5-3-2-4-6-14/h2-10,17,23H,11-12H2,1H3/b18-16+/t17-/m0/s1. The van der Waals surface area contributed by atoms with E-state index >= 15 is 0 Å². The summed E-state index contributed by atoms with van der Waals surface area (Å²) in [7, 11) is 1.49. The fourth-order valence-corrected chi connectivity index (χ4v) is 3.04. The number of Topliss-reactive ketones (excluding diaryl/α,β-unsaturated/α-hetero) is 1. The topological polar surface area (TPSA) is 66.8 Å². The van der Waals surface area contributed by atoms with Gasteiger partial charge in [0.25, 0.3) is 11.7 Å². The van der Waals surface area contributed by atoms with Crippen LogP contribution in [0.15, 0.2) is 60.2 Å². The molecule has 0 spiro atoms. The molecule has 0 unspecified atom stereocenters. The molecule has 1 atom stereocenters. The highest BCUT2D eigenvalue weighted by Crippen LogP contribution is 2.39. The molecule has 1 heterocycles. The van der Waals surface area contributed by atoms with E-state index in [1.807, 2.05) is 0 Å². The van der Waals surface area contributed by atoms with E-state index in [9.17, 15) is 19.1 Å². The van der Waals surface area contributed by atoms with Crippen molar-refractivity contribution in [2.45, 2.75) is 6.04 Å². The summed E-state index contributed by atoms with van der Waals surface area (Å²) in [6.07, 6.45) is 0. The van der Waals surface area contributed by atoms with Crippen molar-refractivity contribution in [3.05, 3.63) is 77.1 Å². The Morgan fingerprint density at radius 1 is 1.12 bits per heavy atom. The van der Waals surface area contributed by atoms with Crippen molar-refractivity contribution in [1.29, 1.82) is 0 Å². The number of methoxy groups -OCH3 is 1. The highest BCUT2D eigenvalue weighted by Gasteiger charge is 2.45. The molecule has 1 aliphatic rings. The first-order chi connectivity index (χ1) is 12.5. The van der Waals surface area contributed by atoms with Crippen molar-refractivity contribution in [2.24, 2.45) is 0 Å². The Balaban J connectivity index is 2.15. The van der Waals surface area contributed by atoms with E-state index in [0.717, 1.165) is 0 Å². The number of carbonyl (C=O) groups is 2. The van der Waals surface area contributed by atoms with E-state index in [1.54, 1.807) is 30.3 Å². The number of ketones is 1. The Morgan fingerprint density at radius 3 is 2.38 bits per heavy atom. The first-order valence-electron chi connectivity index (χ1n) is 8.13. The van der Waals surface area contributed by atoms with Crippen LogP contribution in [0.5, 0.6) is 0 Å². The summed E-state index contributed by atoms with van der Waals surface area (Å²) in [6, 6.07) is 13.3. The largest absolute Gasteiger partial charge is 0.507 e. The molecule has 1 saturated heterocycles. The summed E-state index contributed by atoms with van der Waals surface area (Å²) in [6.45, 7) is 0.408. The number of nitrogens with zero attached hydrogens (tertiary/aromatic N) is 1. The van der Waals surface area contributed by atoms with Gasteiger partial charge in [-0.1, -0.05) is 42.5 Å². The Kier molecular flexibility index (Phi) is 5.14. The minimum atomic E-state index is -0.800. The normalized spacial score (nSPS) is 19.2. The second-order valence-corrected chi connectivity index (χ2v) is 5.90. The number of hydrogen-bond donors (Lipinski definition) is 1. The molecule has 1 N–H and O–H groups in total. The van der Waals surface area contributed by atoms with Gasteiger partial charge >= 0.3 is 0 Å². The first-order valence-corrected chi connectivity index (χ1v) is 8.13. The van der Waals surface area contributed by atoms with Gasteiger partial charge in [0, 0.05) is 19.2 Å². The van der Waals surface area contributed by atoms with Gasteiger partial charge in [-0.3, -0.25) is 9.59 Å². The first kappa shape index (κ1) is 17.8. The van der Waals surface area contributed by atoms with Gasteiger partial charge in [0.05, 0.1) is 18.2 Å². The summed E-state index contributed by atoms with van der Waals surface area (Å²) >= 11 is 0. The third-order valence-electron chi connectivity index (χ3n) is 4.31. The fraction of sp³-hybridized carbons (Fsp3) is 0.200. The Hall–Kier alpha value is -2.99. The third-order valence-corrected chi connectivity index (χ3v) is 4.31. The Bertz CT molecular complexity index is 846. The van der Waals surface area contributed by atoms with Crippen LogP contribution in [0.25, 0.3) is 5.76 Å². The van der Waals surface area contributed by atoms with E-state index in [0.29, 0.717) is 11.1 Å². The maximum atomic E-state index is 13.3. The molecule has 134 valence electrons. The lowest BCUT2D eigenvalue weighted by molar-refractivity contribution is -0.140. The van der Waals surface area contributed by atoms with E-state index < -0.39 is 23.5 Å². The zero-order valence-electron chi connectivity index (χ0n) is 14.2. The van der Waals surface area contributed by atoms with Crippen LogP contribution in [0.1, 0.15) is 17.2 Å². The fourth-order valence-electron chi connectivity index (χ4n) is 3.04. The number of rotatable bonds is 5. The molecule has 0 aromatic heterocycles. The highest BCUT2D eigenvalue weighted by atomic mass is 19.1. The third kappa shape index (κ3) is 3.23. The van der Waals surface area contributed by atoms with Gasteiger partial charge in [0.2, 0.25) is 0 Å². The molecular weight excluding hydrogens is 337 g/mol. The van der Waals surface area contributed by atoms with Gasteiger partial charge in [0.1, 0.15) is 11.6 Å². The zero-order chi connectivity index (χ0) is 18.7. The van der Waals surface area contributed by atoms with E-state index in [4.69, 9.17) is 4.74 Å². The molecule has 0 radical (unpaired) electrons. The summed E-state index contributed by atoms with van der Waals surface area (Å²) in [5.74, 6) is -2.16. The maximum Gasteiger partial charge on any atom is 0.295 e. The number of likely N-dealkylation sites (tertiary alicyclic amines) is 1. The van der Waals surface area contributed by atoms with Gasteiger partial charge in [-0.15, -0.1) is 0 Å². The number of hydrogen-bond acceptors (Lipinski definition) is 4. The van der Waals surface area contributed by atoms with Crippen molar-refractivity contribution in [2.75, 3.05) is 20.3 Å². The molecule has 3 rings (SSSR count). The number of benzene rings is 2. The van der Waals surface area contributed by atoms with Crippen LogP contribution in [-0.2, 0) is 14.3 Å². The average Bonchev–Trinajstić information content (AvgIpc) is 2.91. The number of halogens is 1. The number of aliphatic hydroxyl groups is 1. The maximum absolute atomic E-state index is 13.3. The molecule has 1 aliphatic heterocycles. The van der Waals surface area contributed by atoms with Gasteiger partial charge in [-0.2, -0.15) is 0 Å². The average molecular weight is 355 g/mol. The predicted molar refractivity (Wildman–Crippen MR) is 93.7 cm³/mol. The number of aliphatic hydroxyl groups excluding tert-OH is 1. The molecule has 1 fully saturated rings. The molecule has 0 saturated carbocycles. The quantitative estimate of drug-likeness (QED) is 0.509. The van der Waals surface area contributed by atoms with Crippen LogP contribution in [0.3, 0.4) is 0 Å². The van der Waals surface area contributed by atoms with E-state index in [-0.39, 0.29) is 24.5 Å². The number of carbonyl (C=O) groups excluding carboxylic acids is 2. The SMILES string of the molecule is COCCN1C(=O)C(=O)/C(=C(/O)c2ccccc2)[C@@H]1c1ccc(F)cc1. The predicted octanol–water partition coefficient (Wildman–Crippen LogP) is 2.89. The smallest absolute Gasteiger partial charge is 0.295 e. The van der Waals surface area contributed by atoms with Gasteiger partial charge in [0.15, 0.2) is 0 Å². The lowest BCUT2D eigenvalue weighted by Gasteiger charge is -2.25. The Labute approximate surface area is 150 Å². The lowest BCUT2D eigenvalue weighted by atomic mass is 9.95. The van der Waals surface area contributed by atoms with Crippen molar-refractivity contribution >= 4 is 17.4 Å². The second kappa shape index (κ2) is 7.49. The molecule has 2 aromatic carbocycles. The van der Waals surface area contributed by atoms with Gasteiger partial charge in [-0.05, 0) is 17.7 Å². The minimum absolute atomic E-state index is 0.0103. The van der Waals surface area contributed by atoms with Crippen LogP contribution in [-0.4, -0.2) is 42.0 Å². The number of ether oxygens (including phenoxy) is 1. The van der Waals surface area contributed by atoms with Crippen molar-refractivity contribution in [3.8, 4) is 0 Å². The van der Waals surface area contributed by atoms with E-state index in [2.05, 4.69) is 0 Å². The molecule has 5 nitrogen and oxygen atoms in total. The lowest BCUT2D eigenvalue weighted by Crippen LogP contribution is -2.32. The second-order valence-electron chi connectivity index (χ2n) is 5.90. The molecule has 0 bridgehead atoms. The highest BCUT2D eigenvalue weighted by molar-refractivity contribution is 6.46. The molecule has 6 heteroatoms. The summed E-state index contributed by atoms with van der Waals surface area (Å²) in [5.41, 5.74) is 0.965. The van der Waals surface area contributed by atoms with Crippen LogP contribution >= 0.6 is 0 Å². The summed E-state index contributed by atoms with van der Waals surface area (Å²) < 4.78 is 18.3. The molecule has 2 aromatic rings. The molecule has 26 heavy (non-hydrogen) atoms. The van der Waals surface area contributed by atoms with Crippen LogP contribution in [0.2, 0.25) is 0 Å². The van der Waals surface area contributed by atoms with Crippen molar-refractivity contribution in [1.82, 2.24) is 4.90 Å². The van der Waals surface area contributed by atoms with Crippen LogP contribution in [0, 0.1) is 5.82 Å². The van der Waals surface area contributed by atoms with E-state index in [1.165, 1.54) is 36.3 Å². The minimum Gasteiger partial charge on any atom is -0.507 e. The monoisotopic (exact) mass is 355 g/mol.